The summed E-state index contributed by atoms with van der Waals surface area (Å²) >= 11 is 0. The minimum atomic E-state index is -0.141. The molecule has 7 rings (SSSR count). The lowest BCUT2D eigenvalue weighted by Crippen LogP contribution is -2.30. The monoisotopic (exact) mass is 373 g/mol. The molecular weight excluding hydrogens is 354 g/mol. The molecule has 0 atom stereocenters. The molecule has 0 unspecified atom stereocenters. The van der Waals surface area contributed by atoms with Crippen LogP contribution in [0, 0.1) is 0 Å². The molecule has 0 spiro atoms. The van der Waals surface area contributed by atoms with Gasteiger partial charge in [-0.15, -0.1) is 0 Å². The number of benzene rings is 4. The van der Waals surface area contributed by atoms with Crippen molar-refractivity contribution in [1.82, 2.24) is 4.57 Å². The Labute approximate surface area is 168 Å². The van der Waals surface area contributed by atoms with Gasteiger partial charge in [0.2, 0.25) is 0 Å². The van der Waals surface area contributed by atoms with Crippen molar-refractivity contribution in [2.45, 2.75) is 19.4 Å². The van der Waals surface area contributed by atoms with Crippen LogP contribution in [0.4, 0.5) is 0 Å². The van der Waals surface area contributed by atoms with E-state index in [0.717, 1.165) is 11.2 Å². The molecule has 6 aromatic rings. The Hall–Kier alpha value is -3.52. The van der Waals surface area contributed by atoms with E-state index < -0.39 is 0 Å². The molecule has 2 aromatic heterocycles. The molecule has 0 saturated carbocycles. The van der Waals surface area contributed by atoms with Crippen molar-refractivity contribution in [2.75, 3.05) is 0 Å². The molecule has 138 valence electrons. The van der Waals surface area contributed by atoms with Crippen LogP contribution in [0.5, 0.6) is 0 Å². The van der Waals surface area contributed by atoms with Crippen molar-refractivity contribution < 1.29 is 4.42 Å². The minimum absolute atomic E-state index is 0.141. The third kappa shape index (κ3) is 1.69. The first-order valence-corrected chi connectivity index (χ1v) is 10.1. The zero-order valence-corrected chi connectivity index (χ0v) is 16.4. The summed E-state index contributed by atoms with van der Waals surface area (Å²) in [5.74, 6) is 0. The summed E-state index contributed by atoms with van der Waals surface area (Å²) in [7, 11) is 0. The van der Waals surface area contributed by atoms with Crippen LogP contribution in [0.25, 0.3) is 54.9 Å². The summed E-state index contributed by atoms with van der Waals surface area (Å²) in [6.45, 7) is 4.66. The van der Waals surface area contributed by atoms with Gasteiger partial charge in [-0.3, -0.25) is 0 Å². The van der Waals surface area contributed by atoms with Crippen LogP contribution < -0.4 is 0 Å². The molecule has 0 saturated heterocycles. The highest BCUT2D eigenvalue weighted by molar-refractivity contribution is 6.25. The fourth-order valence-corrected chi connectivity index (χ4v) is 5.53. The molecule has 0 amide bonds. The summed E-state index contributed by atoms with van der Waals surface area (Å²) < 4.78 is 8.88. The molecule has 0 N–H and O–H groups in total. The zero-order valence-electron chi connectivity index (χ0n) is 16.4. The molecule has 0 radical (unpaired) electrons. The summed E-state index contributed by atoms with van der Waals surface area (Å²) in [5, 5.41) is 4.96. The minimum Gasteiger partial charge on any atom is -0.456 e. The van der Waals surface area contributed by atoms with Crippen molar-refractivity contribution in [1.29, 1.82) is 0 Å². The van der Waals surface area contributed by atoms with Crippen LogP contribution in [-0.2, 0) is 5.54 Å². The van der Waals surface area contributed by atoms with Gasteiger partial charge < -0.3 is 8.98 Å². The number of rotatable bonds is 0. The first kappa shape index (κ1) is 15.4. The van der Waals surface area contributed by atoms with E-state index in [4.69, 9.17) is 4.42 Å². The van der Waals surface area contributed by atoms with Crippen molar-refractivity contribution in [3.63, 3.8) is 0 Å². The van der Waals surface area contributed by atoms with E-state index in [1.165, 1.54) is 49.3 Å². The first-order valence-electron chi connectivity index (χ1n) is 10.1. The second kappa shape index (κ2) is 4.90. The SMILES string of the molecule is CC1(C)c2ccccc2-c2c3c(cc4c5ccccc5n1c24)oc1ccccc13. The predicted octanol–water partition coefficient (Wildman–Crippen LogP) is 7.46. The average molecular weight is 373 g/mol. The lowest BCUT2D eigenvalue weighted by molar-refractivity contribution is 0.462. The zero-order chi connectivity index (χ0) is 19.3. The highest BCUT2D eigenvalue weighted by Gasteiger charge is 2.36. The lowest BCUT2D eigenvalue weighted by atomic mass is 9.81. The Kier molecular flexibility index (Phi) is 2.60. The molecule has 29 heavy (non-hydrogen) atoms. The summed E-state index contributed by atoms with van der Waals surface area (Å²) in [6.07, 6.45) is 0. The van der Waals surface area contributed by atoms with Crippen LogP contribution in [-0.4, -0.2) is 4.57 Å². The number of fused-ring (bicyclic) bond motifs is 9. The Morgan fingerprint density at radius 2 is 1.45 bits per heavy atom. The molecule has 3 heterocycles. The highest BCUT2D eigenvalue weighted by Crippen LogP contribution is 2.52. The van der Waals surface area contributed by atoms with Gasteiger partial charge in [-0.1, -0.05) is 60.7 Å². The molecule has 1 aliphatic heterocycles. The maximum atomic E-state index is 6.34. The van der Waals surface area contributed by atoms with E-state index in [-0.39, 0.29) is 5.54 Å². The maximum absolute atomic E-state index is 6.34. The molecule has 2 nitrogen and oxygen atoms in total. The smallest absolute Gasteiger partial charge is 0.136 e. The maximum Gasteiger partial charge on any atom is 0.136 e. The highest BCUT2D eigenvalue weighted by atomic mass is 16.3. The topological polar surface area (TPSA) is 18.1 Å². The van der Waals surface area contributed by atoms with Crippen LogP contribution in [0.1, 0.15) is 19.4 Å². The number of hydrogen-bond donors (Lipinski definition) is 0. The number of nitrogens with zero attached hydrogens (tertiary/aromatic N) is 1. The molecule has 0 bridgehead atoms. The van der Waals surface area contributed by atoms with Crippen molar-refractivity contribution in [3.8, 4) is 11.1 Å². The van der Waals surface area contributed by atoms with Gasteiger partial charge in [-0.25, -0.2) is 0 Å². The lowest BCUT2D eigenvalue weighted by Gasteiger charge is -2.36. The van der Waals surface area contributed by atoms with Gasteiger partial charge in [0.05, 0.1) is 11.1 Å². The molecule has 2 heteroatoms. The summed E-state index contributed by atoms with van der Waals surface area (Å²) in [5.41, 5.74) is 8.33. The Morgan fingerprint density at radius 3 is 2.34 bits per heavy atom. The van der Waals surface area contributed by atoms with Crippen molar-refractivity contribution in [2.24, 2.45) is 0 Å². The fourth-order valence-electron chi connectivity index (χ4n) is 5.53. The number of furan rings is 1. The largest absolute Gasteiger partial charge is 0.456 e. The third-order valence-electron chi connectivity index (χ3n) is 6.71. The molecule has 4 aromatic carbocycles. The Morgan fingerprint density at radius 1 is 0.724 bits per heavy atom. The summed E-state index contributed by atoms with van der Waals surface area (Å²) in [6, 6.07) is 28.2. The standard InChI is InChI=1S/C27H19NO/c1-27(2)20-12-6-3-10-17(20)25-24-18-11-5-8-14-22(18)29-23(24)15-19-16-9-4-7-13-21(16)28(27)26(19)25/h3-15H,1-2H3. The normalized spacial score (nSPS) is 14.8. The van der Waals surface area contributed by atoms with Crippen molar-refractivity contribution >= 4 is 43.7 Å². The molecule has 1 aliphatic rings. The van der Waals surface area contributed by atoms with Crippen molar-refractivity contribution in [3.05, 3.63) is 84.4 Å². The summed E-state index contributed by atoms with van der Waals surface area (Å²) in [4.78, 5) is 0. The van der Waals surface area contributed by atoms with Gasteiger partial charge in [0.15, 0.2) is 0 Å². The quantitative estimate of drug-likeness (QED) is 0.270. The Bertz CT molecular complexity index is 1630. The van der Waals surface area contributed by atoms with Crippen LogP contribution in [0.2, 0.25) is 0 Å². The van der Waals surface area contributed by atoms with E-state index in [2.05, 4.69) is 91.2 Å². The molecule has 0 aliphatic carbocycles. The number of hydrogen-bond acceptors (Lipinski definition) is 1. The Balaban J connectivity index is 1.89. The van der Waals surface area contributed by atoms with E-state index in [0.29, 0.717) is 0 Å². The molecular formula is C27H19NO. The fraction of sp³-hybridized carbons (Fsp3) is 0.111. The second-order valence-electron chi connectivity index (χ2n) is 8.58. The van der Waals surface area contributed by atoms with E-state index in [1.54, 1.807) is 0 Å². The first-order chi connectivity index (χ1) is 14.2. The third-order valence-corrected chi connectivity index (χ3v) is 6.71. The van der Waals surface area contributed by atoms with Crippen LogP contribution >= 0.6 is 0 Å². The van der Waals surface area contributed by atoms with Gasteiger partial charge >= 0.3 is 0 Å². The van der Waals surface area contributed by atoms with Gasteiger partial charge in [0.1, 0.15) is 11.2 Å². The number of para-hydroxylation sites is 2. The van der Waals surface area contributed by atoms with E-state index in [1.807, 2.05) is 6.07 Å². The predicted molar refractivity (Wildman–Crippen MR) is 121 cm³/mol. The van der Waals surface area contributed by atoms with E-state index in [9.17, 15) is 0 Å². The second-order valence-corrected chi connectivity index (χ2v) is 8.58. The average Bonchev–Trinajstić information content (AvgIpc) is 3.28. The van der Waals surface area contributed by atoms with Crippen LogP contribution in [0.3, 0.4) is 0 Å². The molecule has 0 fully saturated rings. The number of aromatic nitrogens is 1. The van der Waals surface area contributed by atoms with Gasteiger partial charge in [-0.05, 0) is 43.2 Å². The van der Waals surface area contributed by atoms with Gasteiger partial charge in [0, 0.05) is 32.6 Å². The van der Waals surface area contributed by atoms with E-state index >= 15 is 0 Å². The van der Waals surface area contributed by atoms with Gasteiger partial charge in [0.25, 0.3) is 0 Å². The van der Waals surface area contributed by atoms with Crippen LogP contribution in [0.15, 0.2) is 83.3 Å². The van der Waals surface area contributed by atoms with Gasteiger partial charge in [-0.2, -0.15) is 0 Å².